The largest absolute Gasteiger partial charge is 0.362 e. The predicted molar refractivity (Wildman–Crippen MR) is 144 cm³/mol. The van der Waals surface area contributed by atoms with Gasteiger partial charge in [0.05, 0.1) is 34.8 Å². The maximum Gasteiger partial charge on any atom is 0.113 e. The zero-order chi connectivity index (χ0) is 22.1. The highest BCUT2D eigenvalue weighted by molar-refractivity contribution is 9.13. The minimum atomic E-state index is 0.0882. The molecule has 1 aliphatic heterocycles. The molecule has 1 aromatic heterocycles. The topological polar surface area (TPSA) is 35.2 Å². The SMILES string of the molecule is Brc1cc2c(cc1Br)N(Cc1cnc[nH]1)CC(Br)N(c1ccccc1-c1ccccc1)S2. The predicted octanol–water partition coefficient (Wildman–Crippen LogP) is 7.86. The summed E-state index contributed by atoms with van der Waals surface area (Å²) in [6.07, 6.45) is 3.62. The van der Waals surface area contributed by atoms with E-state index in [0.717, 1.165) is 27.7 Å². The molecule has 1 aliphatic rings. The van der Waals surface area contributed by atoms with Gasteiger partial charge in [-0.15, -0.1) is 0 Å². The van der Waals surface area contributed by atoms with Crippen molar-refractivity contribution < 1.29 is 0 Å². The number of aromatic amines is 1. The number of imidazole rings is 1. The number of halogens is 3. The molecule has 1 N–H and O–H groups in total. The van der Waals surface area contributed by atoms with Gasteiger partial charge in [-0.1, -0.05) is 64.5 Å². The quantitative estimate of drug-likeness (QED) is 0.141. The lowest BCUT2D eigenvalue weighted by molar-refractivity contribution is 0.762. The van der Waals surface area contributed by atoms with E-state index < -0.39 is 0 Å². The Morgan fingerprint density at radius 2 is 1.72 bits per heavy atom. The van der Waals surface area contributed by atoms with Crippen molar-refractivity contribution in [3.8, 4) is 11.1 Å². The first-order valence-electron chi connectivity index (χ1n) is 10.1. The Labute approximate surface area is 217 Å². The molecule has 0 spiro atoms. The Morgan fingerprint density at radius 1 is 0.969 bits per heavy atom. The van der Waals surface area contributed by atoms with Gasteiger partial charge in [0, 0.05) is 27.3 Å². The van der Waals surface area contributed by atoms with E-state index in [1.54, 1.807) is 18.3 Å². The lowest BCUT2D eigenvalue weighted by Gasteiger charge is -2.30. The molecule has 0 amide bonds. The molecule has 32 heavy (non-hydrogen) atoms. The Kier molecular flexibility index (Phi) is 6.64. The van der Waals surface area contributed by atoms with E-state index >= 15 is 0 Å². The Bertz CT molecular complexity index is 1220. The second-order valence-corrected chi connectivity index (χ2v) is 11.2. The number of anilines is 2. The van der Waals surface area contributed by atoms with Gasteiger partial charge in [-0.05, 0) is 67.6 Å². The number of rotatable bonds is 4. The third-order valence-corrected chi connectivity index (χ3v) is 9.29. The van der Waals surface area contributed by atoms with Crippen LogP contribution in [0.2, 0.25) is 0 Å². The molecule has 4 aromatic rings. The molecule has 5 rings (SSSR count). The zero-order valence-electron chi connectivity index (χ0n) is 16.9. The lowest BCUT2D eigenvalue weighted by atomic mass is 10.0. The van der Waals surface area contributed by atoms with Gasteiger partial charge in [0.2, 0.25) is 0 Å². The first-order valence-corrected chi connectivity index (χ1v) is 13.3. The van der Waals surface area contributed by atoms with Gasteiger partial charge in [-0.3, -0.25) is 4.31 Å². The van der Waals surface area contributed by atoms with Gasteiger partial charge in [0.1, 0.15) is 4.95 Å². The number of alkyl halides is 1. The average Bonchev–Trinajstić information content (AvgIpc) is 3.28. The summed E-state index contributed by atoms with van der Waals surface area (Å²) in [7, 11) is 0. The summed E-state index contributed by atoms with van der Waals surface area (Å²) in [5.41, 5.74) is 5.87. The molecule has 2 heterocycles. The molecule has 8 heteroatoms. The van der Waals surface area contributed by atoms with Crippen molar-refractivity contribution in [1.29, 1.82) is 0 Å². The van der Waals surface area contributed by atoms with Gasteiger partial charge in [-0.2, -0.15) is 0 Å². The van der Waals surface area contributed by atoms with Crippen LogP contribution < -0.4 is 9.21 Å². The van der Waals surface area contributed by atoms with Crippen LogP contribution in [0.5, 0.6) is 0 Å². The van der Waals surface area contributed by atoms with Crippen LogP contribution in [0.25, 0.3) is 11.1 Å². The highest BCUT2D eigenvalue weighted by Crippen LogP contribution is 2.47. The van der Waals surface area contributed by atoms with Gasteiger partial charge in [0.15, 0.2) is 0 Å². The summed E-state index contributed by atoms with van der Waals surface area (Å²) < 4.78 is 4.44. The number of hydrogen-bond donors (Lipinski definition) is 1. The third-order valence-electron chi connectivity index (χ3n) is 5.31. The van der Waals surface area contributed by atoms with E-state index in [0.29, 0.717) is 0 Å². The first kappa shape index (κ1) is 22.1. The molecule has 4 nitrogen and oxygen atoms in total. The number of nitrogens with one attached hydrogen (secondary N) is 1. The van der Waals surface area contributed by atoms with Crippen molar-refractivity contribution in [2.45, 2.75) is 16.4 Å². The second kappa shape index (κ2) is 9.63. The summed E-state index contributed by atoms with van der Waals surface area (Å²) in [5.74, 6) is 0. The minimum Gasteiger partial charge on any atom is -0.362 e. The number of hydrogen-bond acceptors (Lipinski definition) is 4. The fraction of sp³-hybridized carbons (Fsp3) is 0.125. The summed E-state index contributed by atoms with van der Waals surface area (Å²) in [4.78, 5) is 11.1. The van der Waals surface area contributed by atoms with Crippen LogP contribution in [-0.4, -0.2) is 21.5 Å². The number of benzene rings is 3. The maximum absolute atomic E-state index is 4.20. The van der Waals surface area contributed by atoms with Gasteiger partial charge in [-0.25, -0.2) is 4.98 Å². The van der Waals surface area contributed by atoms with Crippen LogP contribution in [-0.2, 0) is 6.54 Å². The van der Waals surface area contributed by atoms with Crippen LogP contribution in [0.15, 0.2) is 93.1 Å². The highest BCUT2D eigenvalue weighted by atomic mass is 79.9. The van der Waals surface area contributed by atoms with E-state index in [1.807, 2.05) is 6.20 Å². The zero-order valence-corrected chi connectivity index (χ0v) is 22.5. The first-order chi connectivity index (χ1) is 15.6. The monoisotopic (exact) mass is 632 g/mol. The van der Waals surface area contributed by atoms with Crippen LogP contribution in [0.3, 0.4) is 0 Å². The second-order valence-electron chi connectivity index (χ2n) is 7.43. The van der Waals surface area contributed by atoms with Crippen molar-refractivity contribution in [2.75, 3.05) is 15.7 Å². The number of nitrogens with zero attached hydrogens (tertiary/aromatic N) is 3. The van der Waals surface area contributed by atoms with Crippen molar-refractivity contribution in [2.24, 2.45) is 0 Å². The minimum absolute atomic E-state index is 0.0882. The van der Waals surface area contributed by atoms with Gasteiger partial charge >= 0.3 is 0 Å². The van der Waals surface area contributed by atoms with E-state index in [-0.39, 0.29) is 4.95 Å². The van der Waals surface area contributed by atoms with Crippen molar-refractivity contribution in [1.82, 2.24) is 9.97 Å². The molecule has 1 unspecified atom stereocenters. The molecule has 0 saturated carbocycles. The molecule has 1 atom stereocenters. The fourth-order valence-corrected chi connectivity index (χ4v) is 6.56. The normalized spacial score (nSPS) is 16.0. The summed E-state index contributed by atoms with van der Waals surface area (Å²) in [6, 6.07) is 23.5. The average molecular weight is 635 g/mol. The molecule has 0 aliphatic carbocycles. The number of fused-ring (bicyclic) bond motifs is 1. The molecular weight excluding hydrogens is 616 g/mol. The Morgan fingerprint density at radius 3 is 2.50 bits per heavy atom. The van der Waals surface area contributed by atoms with Crippen molar-refractivity contribution in [3.63, 3.8) is 0 Å². The van der Waals surface area contributed by atoms with E-state index in [2.05, 4.69) is 134 Å². The van der Waals surface area contributed by atoms with Crippen LogP contribution >= 0.6 is 59.7 Å². The fourth-order valence-electron chi connectivity index (χ4n) is 3.81. The van der Waals surface area contributed by atoms with Crippen LogP contribution in [0.4, 0.5) is 11.4 Å². The molecule has 0 saturated heterocycles. The van der Waals surface area contributed by atoms with Crippen molar-refractivity contribution in [3.05, 3.63) is 93.9 Å². The molecule has 3 aromatic carbocycles. The standard InChI is InChI=1S/C24H19Br3N4S/c25-19-10-22-23(11-20(19)26)32-31(24(27)14-30(22)13-17-12-28-15-29-17)21-9-5-4-8-18(21)16-6-2-1-3-7-16/h1-12,15,24H,13-14H2,(H,28,29). The van der Waals surface area contributed by atoms with Gasteiger partial charge in [0.25, 0.3) is 0 Å². The van der Waals surface area contributed by atoms with Gasteiger partial charge < -0.3 is 9.88 Å². The molecule has 162 valence electrons. The third kappa shape index (κ3) is 4.51. The highest BCUT2D eigenvalue weighted by Gasteiger charge is 2.30. The Hall–Kier alpha value is -1.74. The Balaban J connectivity index is 1.59. The van der Waals surface area contributed by atoms with E-state index in [9.17, 15) is 0 Å². The number of para-hydroxylation sites is 1. The maximum atomic E-state index is 4.20. The number of aromatic nitrogens is 2. The van der Waals surface area contributed by atoms with E-state index in [4.69, 9.17) is 0 Å². The van der Waals surface area contributed by atoms with E-state index in [1.165, 1.54) is 27.4 Å². The smallest absolute Gasteiger partial charge is 0.113 e. The summed E-state index contributed by atoms with van der Waals surface area (Å²) in [6.45, 7) is 1.55. The molecule has 0 radical (unpaired) electrons. The van der Waals surface area contributed by atoms with Crippen LogP contribution in [0.1, 0.15) is 5.69 Å². The molecule has 0 bridgehead atoms. The summed E-state index contributed by atoms with van der Waals surface area (Å²) in [5, 5.41) is 0. The molecule has 0 fully saturated rings. The molecular formula is C24H19Br3N4S. The van der Waals surface area contributed by atoms with Crippen LogP contribution in [0, 0.1) is 0 Å². The van der Waals surface area contributed by atoms with Crippen molar-refractivity contribution >= 4 is 71.1 Å². The lowest BCUT2D eigenvalue weighted by Crippen LogP contribution is -2.35. The number of H-pyrrole nitrogens is 1. The summed E-state index contributed by atoms with van der Waals surface area (Å²) >= 11 is 13.2.